The second-order valence-corrected chi connectivity index (χ2v) is 9.36. The largest absolute Gasteiger partial charge is 0.355 e. The first-order valence-electron chi connectivity index (χ1n) is 12.1. The number of anilines is 1. The molecule has 2 fully saturated rings. The zero-order valence-corrected chi connectivity index (χ0v) is 19.2. The molecular formula is C27H28N6O. The van der Waals surface area contributed by atoms with Crippen LogP contribution in [0.15, 0.2) is 73.2 Å². The second-order valence-electron chi connectivity index (χ2n) is 9.36. The highest BCUT2D eigenvalue weighted by atomic mass is 16.2. The van der Waals surface area contributed by atoms with Crippen LogP contribution in [0.3, 0.4) is 0 Å². The maximum absolute atomic E-state index is 13.7. The molecule has 2 aliphatic heterocycles. The summed E-state index contributed by atoms with van der Waals surface area (Å²) in [6, 6.07) is 18.1. The Bertz CT molecular complexity index is 1310. The molecule has 2 aromatic carbocycles. The van der Waals surface area contributed by atoms with Gasteiger partial charge < -0.3 is 14.4 Å². The Balaban J connectivity index is 1.17. The molecule has 2 saturated heterocycles. The molecule has 0 atom stereocenters. The Morgan fingerprint density at radius 1 is 0.853 bits per heavy atom. The minimum absolute atomic E-state index is 0.275. The minimum atomic E-state index is -0.275. The van der Waals surface area contributed by atoms with Gasteiger partial charge in [-0.25, -0.2) is 9.97 Å². The number of amides is 1. The van der Waals surface area contributed by atoms with Crippen molar-refractivity contribution in [3.63, 3.8) is 0 Å². The molecule has 0 radical (unpaired) electrons. The van der Waals surface area contributed by atoms with Crippen molar-refractivity contribution in [2.24, 2.45) is 5.41 Å². The van der Waals surface area contributed by atoms with Crippen molar-refractivity contribution in [2.75, 3.05) is 24.5 Å². The summed E-state index contributed by atoms with van der Waals surface area (Å²) >= 11 is 0. The van der Waals surface area contributed by atoms with Gasteiger partial charge in [-0.05, 0) is 49.9 Å². The van der Waals surface area contributed by atoms with Gasteiger partial charge in [-0.3, -0.25) is 9.78 Å². The lowest BCUT2D eigenvalue weighted by Gasteiger charge is -2.46. The summed E-state index contributed by atoms with van der Waals surface area (Å²) in [5.74, 6) is 2.09. The Morgan fingerprint density at radius 2 is 1.62 bits per heavy atom. The number of aromatic nitrogens is 4. The van der Waals surface area contributed by atoms with E-state index in [4.69, 9.17) is 4.98 Å². The van der Waals surface area contributed by atoms with E-state index in [9.17, 15) is 4.79 Å². The fourth-order valence-corrected chi connectivity index (χ4v) is 5.48. The van der Waals surface area contributed by atoms with E-state index >= 15 is 0 Å². The number of hydrogen-bond acceptors (Lipinski definition) is 5. The van der Waals surface area contributed by atoms with Crippen LogP contribution in [0.2, 0.25) is 0 Å². The normalized spacial score (nSPS) is 18.1. The maximum Gasteiger partial charge on any atom is 0.229 e. The monoisotopic (exact) mass is 452 g/mol. The number of hydrogen-bond donors (Lipinski definition) is 0. The molecule has 1 amide bonds. The van der Waals surface area contributed by atoms with Crippen molar-refractivity contribution < 1.29 is 4.79 Å². The Morgan fingerprint density at radius 3 is 2.44 bits per heavy atom. The molecule has 4 aromatic rings. The van der Waals surface area contributed by atoms with Crippen LogP contribution in [-0.2, 0) is 11.3 Å². The molecule has 34 heavy (non-hydrogen) atoms. The molecule has 0 N–H and O–H groups in total. The lowest BCUT2D eigenvalue weighted by molar-refractivity contribution is -0.148. The summed E-state index contributed by atoms with van der Waals surface area (Å²) in [5.41, 5.74) is 2.61. The van der Waals surface area contributed by atoms with Gasteiger partial charge in [0.05, 0.1) is 29.2 Å². The fourth-order valence-electron chi connectivity index (χ4n) is 5.48. The number of carbonyl (C=O) groups is 1. The van der Waals surface area contributed by atoms with Gasteiger partial charge in [0, 0.05) is 37.7 Å². The standard InChI is InChI=1S/C27H28N6O/c34-26-27(12-16-31(17-13-27)24-19-29-22-9-4-5-10-23(22)30-24)11-6-15-32(26)20-25-28-14-18-33(25)21-7-2-1-3-8-21/h1-5,7-10,14,18-19H,6,11-13,15-17,20H2. The molecule has 0 bridgehead atoms. The Kier molecular flexibility index (Phi) is 5.24. The number of piperidine rings is 2. The van der Waals surface area contributed by atoms with Crippen molar-refractivity contribution in [1.82, 2.24) is 24.4 Å². The van der Waals surface area contributed by atoms with E-state index in [1.54, 1.807) is 0 Å². The minimum Gasteiger partial charge on any atom is -0.355 e. The fraction of sp³-hybridized carbons (Fsp3) is 0.333. The molecular weight excluding hydrogens is 424 g/mol. The first-order chi connectivity index (χ1) is 16.7. The van der Waals surface area contributed by atoms with Crippen LogP contribution < -0.4 is 4.90 Å². The molecule has 7 nitrogen and oxygen atoms in total. The third-order valence-corrected chi connectivity index (χ3v) is 7.39. The number of likely N-dealkylation sites (tertiary alicyclic amines) is 1. The van der Waals surface area contributed by atoms with Crippen molar-refractivity contribution >= 4 is 22.8 Å². The molecule has 6 rings (SSSR count). The summed E-state index contributed by atoms with van der Waals surface area (Å²) in [5, 5.41) is 0. The van der Waals surface area contributed by atoms with E-state index in [0.29, 0.717) is 6.54 Å². The molecule has 0 unspecified atom stereocenters. The number of benzene rings is 2. The first kappa shape index (κ1) is 20.8. The Labute approximate surface area is 199 Å². The van der Waals surface area contributed by atoms with E-state index in [2.05, 4.69) is 31.6 Å². The lowest BCUT2D eigenvalue weighted by Crippen LogP contribution is -2.53. The van der Waals surface area contributed by atoms with Crippen LogP contribution in [0.1, 0.15) is 31.5 Å². The number of imidazole rings is 1. The number of carbonyl (C=O) groups excluding carboxylic acids is 1. The molecule has 4 heterocycles. The maximum atomic E-state index is 13.7. The first-order valence-corrected chi connectivity index (χ1v) is 12.1. The van der Waals surface area contributed by atoms with E-state index in [-0.39, 0.29) is 11.3 Å². The topological polar surface area (TPSA) is 67.2 Å². The van der Waals surface area contributed by atoms with Gasteiger partial charge in [-0.15, -0.1) is 0 Å². The molecule has 0 aliphatic carbocycles. The second kappa shape index (κ2) is 8.56. The zero-order valence-electron chi connectivity index (χ0n) is 19.2. The summed E-state index contributed by atoms with van der Waals surface area (Å²) < 4.78 is 2.08. The van der Waals surface area contributed by atoms with Gasteiger partial charge in [0.2, 0.25) is 5.91 Å². The van der Waals surface area contributed by atoms with E-state index in [1.807, 2.05) is 66.0 Å². The average molecular weight is 453 g/mol. The molecule has 0 saturated carbocycles. The quantitative estimate of drug-likeness (QED) is 0.464. The van der Waals surface area contributed by atoms with Gasteiger partial charge in [0.1, 0.15) is 11.6 Å². The third-order valence-electron chi connectivity index (χ3n) is 7.39. The van der Waals surface area contributed by atoms with Gasteiger partial charge in [0.15, 0.2) is 0 Å². The van der Waals surface area contributed by atoms with Crippen LogP contribution in [0, 0.1) is 5.41 Å². The summed E-state index contributed by atoms with van der Waals surface area (Å²) in [6.07, 6.45) is 9.35. The molecule has 2 aliphatic rings. The van der Waals surface area contributed by atoms with Gasteiger partial charge in [-0.2, -0.15) is 0 Å². The smallest absolute Gasteiger partial charge is 0.229 e. The van der Waals surface area contributed by atoms with Crippen LogP contribution in [0.4, 0.5) is 5.82 Å². The van der Waals surface area contributed by atoms with Crippen molar-refractivity contribution in [2.45, 2.75) is 32.2 Å². The lowest BCUT2D eigenvalue weighted by atomic mass is 9.71. The van der Waals surface area contributed by atoms with Crippen LogP contribution in [0.5, 0.6) is 0 Å². The summed E-state index contributed by atoms with van der Waals surface area (Å²) in [4.78, 5) is 32.0. The molecule has 7 heteroatoms. The number of fused-ring (bicyclic) bond motifs is 1. The average Bonchev–Trinajstić information content (AvgIpc) is 3.36. The van der Waals surface area contributed by atoms with Gasteiger partial charge in [0.25, 0.3) is 0 Å². The highest BCUT2D eigenvalue weighted by molar-refractivity contribution is 5.84. The van der Waals surface area contributed by atoms with Crippen molar-refractivity contribution in [3.05, 3.63) is 79.0 Å². The van der Waals surface area contributed by atoms with E-state index in [0.717, 1.165) is 73.7 Å². The summed E-state index contributed by atoms with van der Waals surface area (Å²) in [6.45, 7) is 2.99. The zero-order chi connectivity index (χ0) is 23.0. The van der Waals surface area contributed by atoms with E-state index in [1.165, 1.54) is 0 Å². The molecule has 172 valence electrons. The predicted molar refractivity (Wildman–Crippen MR) is 132 cm³/mol. The number of nitrogens with zero attached hydrogens (tertiary/aromatic N) is 6. The Hall–Kier alpha value is -3.74. The van der Waals surface area contributed by atoms with Crippen LogP contribution >= 0.6 is 0 Å². The third kappa shape index (κ3) is 3.71. The van der Waals surface area contributed by atoms with Gasteiger partial charge >= 0.3 is 0 Å². The number of para-hydroxylation sites is 3. The molecule has 1 spiro atoms. The van der Waals surface area contributed by atoms with Gasteiger partial charge in [-0.1, -0.05) is 30.3 Å². The summed E-state index contributed by atoms with van der Waals surface area (Å²) in [7, 11) is 0. The molecule has 2 aromatic heterocycles. The van der Waals surface area contributed by atoms with E-state index < -0.39 is 0 Å². The number of rotatable bonds is 4. The van der Waals surface area contributed by atoms with Crippen LogP contribution in [0.25, 0.3) is 16.7 Å². The highest BCUT2D eigenvalue weighted by Crippen LogP contribution is 2.42. The SMILES string of the molecule is O=C1N(Cc2nccn2-c2ccccc2)CCCC12CCN(c1cnc3ccccc3n1)CC2. The predicted octanol–water partition coefficient (Wildman–Crippen LogP) is 4.22. The van der Waals surface area contributed by atoms with Crippen LogP contribution in [-0.4, -0.2) is 50.0 Å². The van der Waals surface area contributed by atoms with Crippen molar-refractivity contribution in [1.29, 1.82) is 0 Å². The highest BCUT2D eigenvalue weighted by Gasteiger charge is 2.46. The van der Waals surface area contributed by atoms with Crippen molar-refractivity contribution in [3.8, 4) is 5.69 Å².